The van der Waals surface area contributed by atoms with E-state index in [9.17, 15) is 13.6 Å². The zero-order chi connectivity index (χ0) is 9.84. The van der Waals surface area contributed by atoms with Crippen LogP contribution in [-0.4, -0.2) is 13.4 Å². The van der Waals surface area contributed by atoms with Crippen LogP contribution in [-0.2, 0) is 4.79 Å². The van der Waals surface area contributed by atoms with Crippen molar-refractivity contribution in [2.24, 2.45) is 0 Å². The molecule has 0 amide bonds. The number of alkyl halides is 1. The van der Waals surface area contributed by atoms with E-state index in [1.807, 2.05) is 0 Å². The number of methoxy groups -OCH3 is 1. The lowest BCUT2D eigenvalue weighted by atomic mass is 10.1. The largest absolute Gasteiger partial charge is 0.493 e. The number of ether oxygens (including phenoxy) is 1. The quantitative estimate of drug-likeness (QED) is 0.675. The third-order valence-electron chi connectivity index (χ3n) is 1.62. The van der Waals surface area contributed by atoms with E-state index in [4.69, 9.17) is 0 Å². The number of hydrogen-bond donors (Lipinski definition) is 0. The molecule has 0 aromatic heterocycles. The van der Waals surface area contributed by atoms with Gasteiger partial charge in [0, 0.05) is 5.56 Å². The van der Waals surface area contributed by atoms with Crippen LogP contribution >= 0.6 is 0 Å². The lowest BCUT2D eigenvalue weighted by molar-refractivity contribution is -0.112. The monoisotopic (exact) mass is 186 g/mol. The molecule has 2 nitrogen and oxygen atoms in total. The summed E-state index contributed by atoms with van der Waals surface area (Å²) in [5.41, 5.74) is -0.0856. The summed E-state index contributed by atoms with van der Waals surface area (Å²) in [4.78, 5) is 10.1. The zero-order valence-electron chi connectivity index (χ0n) is 6.96. The lowest BCUT2D eigenvalue weighted by Gasteiger charge is -2.08. The van der Waals surface area contributed by atoms with Gasteiger partial charge in [-0.15, -0.1) is 0 Å². The van der Waals surface area contributed by atoms with Crippen LogP contribution in [0.5, 0.6) is 5.75 Å². The van der Waals surface area contributed by atoms with Crippen molar-refractivity contribution < 1.29 is 18.3 Å². The predicted molar refractivity (Wildman–Crippen MR) is 42.9 cm³/mol. The molecule has 0 N–H and O–H groups in total. The Kier molecular flexibility index (Phi) is 2.95. The van der Waals surface area contributed by atoms with Gasteiger partial charge in [-0.3, -0.25) is 4.79 Å². The Morgan fingerprint density at radius 2 is 2.23 bits per heavy atom. The average molecular weight is 186 g/mol. The summed E-state index contributed by atoms with van der Waals surface area (Å²) < 4.78 is 30.4. The third kappa shape index (κ3) is 1.83. The lowest BCUT2D eigenvalue weighted by Crippen LogP contribution is -1.99. The minimum atomic E-state index is -1.84. The first-order valence-electron chi connectivity index (χ1n) is 3.62. The molecule has 1 atom stereocenters. The Morgan fingerprint density at radius 1 is 1.54 bits per heavy atom. The van der Waals surface area contributed by atoms with Gasteiger partial charge in [0.15, 0.2) is 24.0 Å². The highest BCUT2D eigenvalue weighted by Crippen LogP contribution is 2.28. The van der Waals surface area contributed by atoms with Gasteiger partial charge in [0.2, 0.25) is 0 Å². The fourth-order valence-corrected chi connectivity index (χ4v) is 1.03. The molecule has 1 rings (SSSR count). The summed E-state index contributed by atoms with van der Waals surface area (Å²) in [7, 11) is 1.22. The summed E-state index contributed by atoms with van der Waals surface area (Å²) in [5.74, 6) is -0.897. The molecule has 1 aromatic carbocycles. The van der Waals surface area contributed by atoms with Gasteiger partial charge in [-0.25, -0.2) is 8.78 Å². The average Bonchev–Trinajstić information content (AvgIpc) is 2.16. The van der Waals surface area contributed by atoms with Gasteiger partial charge in [0.1, 0.15) is 0 Å². The van der Waals surface area contributed by atoms with Crippen molar-refractivity contribution in [3.8, 4) is 5.75 Å². The van der Waals surface area contributed by atoms with E-state index in [2.05, 4.69) is 4.74 Å². The summed E-state index contributed by atoms with van der Waals surface area (Å²) >= 11 is 0. The highest BCUT2D eigenvalue weighted by Gasteiger charge is 2.16. The maximum absolute atomic E-state index is 12.9. The molecule has 4 heteroatoms. The number of rotatable bonds is 3. The summed E-state index contributed by atoms with van der Waals surface area (Å²) in [6, 6.07) is 3.77. The molecular weight excluding hydrogens is 178 g/mol. The second-order valence-corrected chi connectivity index (χ2v) is 2.40. The van der Waals surface area contributed by atoms with E-state index in [1.54, 1.807) is 0 Å². The number of aldehydes is 1. The molecule has 0 spiro atoms. The number of benzene rings is 1. The standard InChI is InChI=1S/C9H8F2O2/c1-13-9-6(8(11)5-12)3-2-4-7(9)10/h2-5,8H,1H3. The molecule has 1 unspecified atom stereocenters. The minimum Gasteiger partial charge on any atom is -0.493 e. The second-order valence-electron chi connectivity index (χ2n) is 2.40. The van der Waals surface area contributed by atoms with E-state index in [0.29, 0.717) is 0 Å². The van der Waals surface area contributed by atoms with Crippen LogP contribution in [0.1, 0.15) is 11.7 Å². The Morgan fingerprint density at radius 3 is 2.77 bits per heavy atom. The topological polar surface area (TPSA) is 26.3 Å². The Balaban J connectivity index is 3.19. The van der Waals surface area contributed by atoms with Crippen molar-refractivity contribution in [1.82, 2.24) is 0 Å². The van der Waals surface area contributed by atoms with Crippen molar-refractivity contribution in [3.63, 3.8) is 0 Å². The third-order valence-corrected chi connectivity index (χ3v) is 1.62. The highest BCUT2D eigenvalue weighted by molar-refractivity contribution is 5.62. The van der Waals surface area contributed by atoms with Crippen LogP contribution in [0.15, 0.2) is 18.2 Å². The summed E-state index contributed by atoms with van der Waals surface area (Å²) in [6.07, 6.45) is -1.75. The SMILES string of the molecule is COc1c(F)cccc1C(F)C=O. The van der Waals surface area contributed by atoms with Gasteiger partial charge >= 0.3 is 0 Å². The first-order chi connectivity index (χ1) is 6.20. The van der Waals surface area contributed by atoms with Gasteiger partial charge in [0.25, 0.3) is 0 Å². The fraction of sp³-hybridized carbons (Fsp3) is 0.222. The molecule has 0 aliphatic carbocycles. The van der Waals surface area contributed by atoms with E-state index < -0.39 is 12.0 Å². The molecule has 0 saturated carbocycles. The smallest absolute Gasteiger partial charge is 0.184 e. The normalized spacial score (nSPS) is 12.2. The van der Waals surface area contributed by atoms with Gasteiger partial charge in [-0.1, -0.05) is 12.1 Å². The molecule has 70 valence electrons. The van der Waals surface area contributed by atoms with Gasteiger partial charge < -0.3 is 4.74 Å². The summed E-state index contributed by atoms with van der Waals surface area (Å²) in [6.45, 7) is 0. The molecule has 1 aromatic rings. The summed E-state index contributed by atoms with van der Waals surface area (Å²) in [5, 5.41) is 0. The van der Waals surface area contributed by atoms with Crippen molar-refractivity contribution in [2.45, 2.75) is 6.17 Å². The molecule has 0 bridgehead atoms. The van der Waals surface area contributed by atoms with E-state index in [0.717, 1.165) is 6.07 Å². The van der Waals surface area contributed by atoms with Crippen LogP contribution in [0.3, 0.4) is 0 Å². The van der Waals surface area contributed by atoms with Gasteiger partial charge in [0.05, 0.1) is 7.11 Å². The zero-order valence-corrected chi connectivity index (χ0v) is 6.96. The predicted octanol–water partition coefficient (Wildman–Crippen LogP) is 2.04. The first-order valence-corrected chi connectivity index (χ1v) is 3.62. The van der Waals surface area contributed by atoms with Crippen LogP contribution in [0, 0.1) is 5.82 Å². The Labute approximate surface area is 74.1 Å². The Hall–Kier alpha value is -1.45. The molecule has 0 heterocycles. The van der Waals surface area contributed by atoms with Crippen molar-refractivity contribution in [2.75, 3.05) is 7.11 Å². The first kappa shape index (κ1) is 9.64. The van der Waals surface area contributed by atoms with E-state index in [-0.39, 0.29) is 17.6 Å². The van der Waals surface area contributed by atoms with Crippen molar-refractivity contribution >= 4 is 6.29 Å². The second kappa shape index (κ2) is 3.98. The van der Waals surface area contributed by atoms with Crippen molar-refractivity contribution in [1.29, 1.82) is 0 Å². The molecule has 0 fully saturated rings. The number of carbonyl (C=O) groups excluding carboxylic acids is 1. The number of carbonyl (C=O) groups is 1. The number of halogens is 2. The highest BCUT2D eigenvalue weighted by atomic mass is 19.1. The van der Waals surface area contributed by atoms with Gasteiger partial charge in [-0.05, 0) is 6.07 Å². The maximum atomic E-state index is 12.9. The molecular formula is C9H8F2O2. The minimum absolute atomic E-state index is 0.0856. The maximum Gasteiger partial charge on any atom is 0.184 e. The molecule has 0 radical (unpaired) electrons. The molecule has 0 saturated heterocycles. The number of hydrogen-bond acceptors (Lipinski definition) is 2. The van der Waals surface area contributed by atoms with Crippen molar-refractivity contribution in [3.05, 3.63) is 29.6 Å². The van der Waals surface area contributed by atoms with Crippen LogP contribution in [0.2, 0.25) is 0 Å². The Bertz CT molecular complexity index is 312. The molecule has 0 aliphatic heterocycles. The van der Waals surface area contributed by atoms with E-state index in [1.165, 1.54) is 19.2 Å². The fourth-order valence-electron chi connectivity index (χ4n) is 1.03. The molecule has 13 heavy (non-hydrogen) atoms. The van der Waals surface area contributed by atoms with E-state index >= 15 is 0 Å². The molecule has 0 aliphatic rings. The van der Waals surface area contributed by atoms with Crippen LogP contribution in [0.4, 0.5) is 8.78 Å². The number of para-hydroxylation sites is 1. The van der Waals surface area contributed by atoms with Gasteiger partial charge in [-0.2, -0.15) is 0 Å². The van der Waals surface area contributed by atoms with Crippen LogP contribution < -0.4 is 4.74 Å². The van der Waals surface area contributed by atoms with Crippen LogP contribution in [0.25, 0.3) is 0 Å².